The zero-order valence-electron chi connectivity index (χ0n) is 13.8. The van der Waals surface area contributed by atoms with E-state index >= 15 is 0 Å². The van der Waals surface area contributed by atoms with Gasteiger partial charge in [0, 0.05) is 28.6 Å². The zero-order chi connectivity index (χ0) is 17.8. The number of nitrogens with zero attached hydrogens (tertiary/aromatic N) is 1. The molecule has 130 valence electrons. The molecule has 0 N–H and O–H groups in total. The van der Waals surface area contributed by atoms with E-state index in [0.29, 0.717) is 17.2 Å². The molecule has 6 heteroatoms. The largest absolute Gasteiger partial charge is 0.426 e. The molecule has 0 bridgehead atoms. The number of rotatable bonds is 5. The van der Waals surface area contributed by atoms with Crippen molar-refractivity contribution in [2.75, 3.05) is 11.4 Å². The molecule has 0 radical (unpaired) electrons. The predicted octanol–water partition coefficient (Wildman–Crippen LogP) is 4.55. The van der Waals surface area contributed by atoms with Gasteiger partial charge in [-0.25, -0.2) is 0 Å². The molecule has 1 unspecified atom stereocenters. The van der Waals surface area contributed by atoms with Crippen LogP contribution in [-0.4, -0.2) is 23.7 Å². The van der Waals surface area contributed by atoms with Gasteiger partial charge >= 0.3 is 5.97 Å². The molecule has 1 aliphatic heterocycles. The van der Waals surface area contributed by atoms with Crippen molar-refractivity contribution in [1.82, 2.24) is 0 Å². The highest BCUT2D eigenvalue weighted by atomic mass is 35.5. The van der Waals surface area contributed by atoms with Crippen LogP contribution in [0.5, 0.6) is 5.75 Å². The lowest BCUT2D eigenvalue weighted by Gasteiger charge is -2.16. The van der Waals surface area contributed by atoms with E-state index < -0.39 is 0 Å². The molecule has 0 aromatic heterocycles. The molecule has 2 aromatic rings. The predicted molar refractivity (Wildman–Crippen MR) is 100 cm³/mol. The lowest BCUT2D eigenvalue weighted by atomic mass is 10.3. The summed E-state index contributed by atoms with van der Waals surface area (Å²) in [7, 11) is 0. The van der Waals surface area contributed by atoms with Crippen molar-refractivity contribution in [2.45, 2.75) is 29.9 Å². The second kappa shape index (κ2) is 7.93. The highest BCUT2D eigenvalue weighted by Crippen LogP contribution is 2.27. The molecule has 0 spiro atoms. The van der Waals surface area contributed by atoms with Gasteiger partial charge in [0.25, 0.3) is 0 Å². The number of amides is 1. The van der Waals surface area contributed by atoms with Gasteiger partial charge in [0.15, 0.2) is 0 Å². The first kappa shape index (κ1) is 17.8. The number of esters is 1. The second-order valence-corrected chi connectivity index (χ2v) is 7.63. The third-order valence-corrected chi connectivity index (χ3v) is 5.24. The first-order valence-corrected chi connectivity index (χ1v) is 9.33. The number of hydrogen-bond acceptors (Lipinski definition) is 4. The van der Waals surface area contributed by atoms with Crippen molar-refractivity contribution in [3.63, 3.8) is 0 Å². The molecule has 0 saturated carbocycles. The maximum absolute atomic E-state index is 12.2. The number of carbonyl (C=O) groups is 2. The van der Waals surface area contributed by atoms with Gasteiger partial charge in [-0.15, -0.1) is 11.8 Å². The summed E-state index contributed by atoms with van der Waals surface area (Å²) in [4.78, 5) is 26.7. The molecular formula is C19H18ClNO3S. The Morgan fingerprint density at radius 3 is 2.44 bits per heavy atom. The zero-order valence-corrected chi connectivity index (χ0v) is 15.3. The van der Waals surface area contributed by atoms with Crippen LogP contribution in [0, 0.1) is 0 Å². The van der Waals surface area contributed by atoms with Crippen molar-refractivity contribution >= 4 is 40.9 Å². The molecule has 25 heavy (non-hydrogen) atoms. The SMILES string of the molecule is CC(Sc1ccc(Cl)cc1)C(=O)Oc1ccc(N2CCCC2=O)cc1. The Morgan fingerprint density at radius 1 is 1.16 bits per heavy atom. The highest BCUT2D eigenvalue weighted by Gasteiger charge is 2.22. The smallest absolute Gasteiger partial charge is 0.324 e. The van der Waals surface area contributed by atoms with Crippen molar-refractivity contribution in [2.24, 2.45) is 0 Å². The summed E-state index contributed by atoms with van der Waals surface area (Å²) in [6.45, 7) is 2.55. The lowest BCUT2D eigenvalue weighted by molar-refractivity contribution is -0.133. The Balaban J connectivity index is 1.58. The molecular weight excluding hydrogens is 358 g/mol. The van der Waals surface area contributed by atoms with Crippen LogP contribution in [0.4, 0.5) is 5.69 Å². The molecule has 3 rings (SSSR count). The Hall–Kier alpha value is -1.98. The summed E-state index contributed by atoms with van der Waals surface area (Å²) in [5.41, 5.74) is 0.839. The maximum Gasteiger partial charge on any atom is 0.324 e. The average Bonchev–Trinajstić information content (AvgIpc) is 3.03. The van der Waals surface area contributed by atoms with Crippen LogP contribution in [0.1, 0.15) is 19.8 Å². The summed E-state index contributed by atoms with van der Waals surface area (Å²) < 4.78 is 5.43. The number of ether oxygens (including phenoxy) is 1. The van der Waals surface area contributed by atoms with Crippen molar-refractivity contribution in [3.05, 3.63) is 53.6 Å². The molecule has 0 aliphatic carbocycles. The fourth-order valence-corrected chi connectivity index (χ4v) is 3.55. The van der Waals surface area contributed by atoms with Gasteiger partial charge in [0.1, 0.15) is 11.0 Å². The van der Waals surface area contributed by atoms with Gasteiger partial charge in [-0.05, 0) is 61.9 Å². The molecule has 1 saturated heterocycles. The van der Waals surface area contributed by atoms with Gasteiger partial charge in [-0.2, -0.15) is 0 Å². The number of thioether (sulfide) groups is 1. The minimum absolute atomic E-state index is 0.137. The van der Waals surface area contributed by atoms with E-state index in [1.807, 2.05) is 24.3 Å². The Kier molecular flexibility index (Phi) is 5.66. The average molecular weight is 376 g/mol. The summed E-state index contributed by atoms with van der Waals surface area (Å²) in [6, 6.07) is 14.4. The van der Waals surface area contributed by atoms with Gasteiger partial charge in [0.2, 0.25) is 5.91 Å². The van der Waals surface area contributed by atoms with E-state index in [2.05, 4.69) is 0 Å². The Morgan fingerprint density at radius 2 is 1.84 bits per heavy atom. The van der Waals surface area contributed by atoms with Gasteiger partial charge < -0.3 is 9.64 Å². The van der Waals surface area contributed by atoms with E-state index in [0.717, 1.165) is 23.5 Å². The fraction of sp³-hybridized carbons (Fsp3) is 0.263. The number of benzene rings is 2. The summed E-state index contributed by atoms with van der Waals surface area (Å²) in [5.74, 6) is 0.298. The van der Waals surface area contributed by atoms with Crippen molar-refractivity contribution in [3.8, 4) is 5.75 Å². The first-order chi connectivity index (χ1) is 12.0. The van der Waals surface area contributed by atoms with Crippen molar-refractivity contribution < 1.29 is 14.3 Å². The van der Waals surface area contributed by atoms with E-state index in [1.165, 1.54) is 11.8 Å². The third kappa shape index (κ3) is 4.55. The van der Waals surface area contributed by atoms with E-state index in [9.17, 15) is 9.59 Å². The van der Waals surface area contributed by atoms with Crippen LogP contribution in [0.25, 0.3) is 0 Å². The minimum atomic E-state index is -0.346. The van der Waals surface area contributed by atoms with E-state index in [4.69, 9.17) is 16.3 Å². The number of halogens is 1. The van der Waals surface area contributed by atoms with Crippen molar-refractivity contribution in [1.29, 1.82) is 0 Å². The number of anilines is 1. The topological polar surface area (TPSA) is 46.6 Å². The van der Waals surface area contributed by atoms with Crippen LogP contribution in [0.3, 0.4) is 0 Å². The Bertz CT molecular complexity index is 761. The maximum atomic E-state index is 12.2. The monoisotopic (exact) mass is 375 g/mol. The number of hydrogen-bond donors (Lipinski definition) is 0. The van der Waals surface area contributed by atoms with Crippen LogP contribution in [0.2, 0.25) is 5.02 Å². The summed E-state index contributed by atoms with van der Waals surface area (Å²) in [5, 5.41) is 0.317. The van der Waals surface area contributed by atoms with Crippen LogP contribution >= 0.6 is 23.4 Å². The molecule has 4 nitrogen and oxygen atoms in total. The Labute approximate surface area is 156 Å². The van der Waals surface area contributed by atoms with Crippen LogP contribution in [-0.2, 0) is 9.59 Å². The molecule has 1 atom stereocenters. The lowest BCUT2D eigenvalue weighted by Crippen LogP contribution is -2.23. The quantitative estimate of drug-likeness (QED) is 0.437. The molecule has 2 aromatic carbocycles. The second-order valence-electron chi connectivity index (χ2n) is 5.78. The molecule has 1 heterocycles. The summed E-state index contributed by atoms with van der Waals surface area (Å²) >= 11 is 7.28. The molecule has 1 aliphatic rings. The normalized spacial score (nSPS) is 15.3. The van der Waals surface area contributed by atoms with Gasteiger partial charge in [-0.3, -0.25) is 9.59 Å². The standard InChI is InChI=1S/C19H18ClNO3S/c1-13(25-17-10-4-14(20)5-11-17)19(23)24-16-8-6-15(7-9-16)21-12-2-3-18(21)22/h4-11,13H,2-3,12H2,1H3. The van der Waals surface area contributed by atoms with E-state index in [1.54, 1.807) is 36.1 Å². The first-order valence-electron chi connectivity index (χ1n) is 8.07. The third-order valence-electron chi connectivity index (χ3n) is 3.90. The molecule has 1 amide bonds. The number of carbonyl (C=O) groups excluding carboxylic acids is 2. The highest BCUT2D eigenvalue weighted by molar-refractivity contribution is 8.00. The molecule has 1 fully saturated rings. The van der Waals surface area contributed by atoms with Gasteiger partial charge in [-0.1, -0.05) is 11.6 Å². The van der Waals surface area contributed by atoms with E-state index in [-0.39, 0.29) is 17.1 Å². The van der Waals surface area contributed by atoms with Crippen LogP contribution < -0.4 is 9.64 Å². The fourth-order valence-electron chi connectivity index (χ4n) is 2.58. The van der Waals surface area contributed by atoms with Crippen LogP contribution in [0.15, 0.2) is 53.4 Å². The summed E-state index contributed by atoms with van der Waals surface area (Å²) in [6.07, 6.45) is 1.48. The minimum Gasteiger partial charge on any atom is -0.426 e. The van der Waals surface area contributed by atoms with Gasteiger partial charge in [0.05, 0.1) is 0 Å².